The van der Waals surface area contributed by atoms with Crippen LogP contribution in [0.3, 0.4) is 0 Å². The van der Waals surface area contributed by atoms with E-state index in [0.717, 1.165) is 0 Å². The molecule has 0 radical (unpaired) electrons. The molecule has 2 nitrogen and oxygen atoms in total. The van der Waals surface area contributed by atoms with Crippen molar-refractivity contribution in [2.24, 2.45) is 0 Å². The van der Waals surface area contributed by atoms with Crippen molar-refractivity contribution in [3.63, 3.8) is 0 Å². The molecule has 0 heterocycles. The van der Waals surface area contributed by atoms with Crippen LogP contribution in [0.2, 0.25) is 13.3 Å². The molecule has 0 aliphatic heterocycles. The van der Waals surface area contributed by atoms with E-state index in [-0.39, 0.29) is 5.75 Å². The molecular formula is C20H36O2SSn. The van der Waals surface area contributed by atoms with Gasteiger partial charge in [0.15, 0.2) is 0 Å². The van der Waals surface area contributed by atoms with E-state index in [0.29, 0.717) is 4.90 Å². The summed E-state index contributed by atoms with van der Waals surface area (Å²) >= 11 is -2.41. The van der Waals surface area contributed by atoms with Crippen LogP contribution in [-0.4, -0.2) is 32.5 Å². The second-order valence-corrected chi connectivity index (χ2v) is 22.5. The number of hydrogen-bond donors (Lipinski definition) is 0. The van der Waals surface area contributed by atoms with Crippen molar-refractivity contribution in [2.45, 2.75) is 84.4 Å². The van der Waals surface area contributed by atoms with Gasteiger partial charge < -0.3 is 0 Å². The Morgan fingerprint density at radius 2 is 1.17 bits per heavy atom. The van der Waals surface area contributed by atoms with Gasteiger partial charge in [-0.25, -0.2) is 0 Å². The first-order valence-electron chi connectivity index (χ1n) is 9.79. The standard InChI is InChI=1S/C8H9O2S.3C4H9.Sn/c1-2-11(9,10)8-6-4-3-5-7-8;3*1-3-4-2;/h4-7H,2H2,1H3;3*1,3-4H2,2H3;. The van der Waals surface area contributed by atoms with Crippen molar-refractivity contribution in [1.82, 2.24) is 0 Å². The maximum absolute atomic E-state index is 12.1. The monoisotopic (exact) mass is 460 g/mol. The Bertz CT molecular complexity index is 542. The molecule has 0 aromatic heterocycles. The molecule has 0 spiro atoms. The number of hydrogen-bond acceptors (Lipinski definition) is 2. The molecule has 0 saturated carbocycles. The van der Waals surface area contributed by atoms with Crippen molar-refractivity contribution < 1.29 is 8.42 Å². The second-order valence-electron chi connectivity index (χ2n) is 7.02. The summed E-state index contributed by atoms with van der Waals surface area (Å²) in [6.07, 6.45) is 7.78. The minimum atomic E-state index is -3.09. The van der Waals surface area contributed by atoms with Gasteiger partial charge in [0.2, 0.25) is 0 Å². The SMILES string of the molecule is CCC[CH2][Sn]([CH2]CCC)([CH2]CCC)[c]1ccc(S(=O)(=O)CC)cc1. The van der Waals surface area contributed by atoms with E-state index in [1.807, 2.05) is 12.1 Å². The molecule has 1 aromatic rings. The fourth-order valence-electron chi connectivity index (χ4n) is 3.54. The van der Waals surface area contributed by atoms with Gasteiger partial charge in [0.05, 0.1) is 0 Å². The van der Waals surface area contributed by atoms with Crippen molar-refractivity contribution in [3.05, 3.63) is 24.3 Å². The molecule has 0 amide bonds. The van der Waals surface area contributed by atoms with Crippen LogP contribution in [0, 0.1) is 0 Å². The Balaban J connectivity index is 3.19. The van der Waals surface area contributed by atoms with Gasteiger partial charge in [-0.1, -0.05) is 0 Å². The van der Waals surface area contributed by atoms with Gasteiger partial charge in [-0.3, -0.25) is 0 Å². The average Bonchev–Trinajstić information content (AvgIpc) is 2.61. The zero-order chi connectivity index (χ0) is 18.1. The molecule has 4 heteroatoms. The number of rotatable bonds is 12. The van der Waals surface area contributed by atoms with E-state index in [2.05, 4.69) is 32.9 Å². The van der Waals surface area contributed by atoms with Gasteiger partial charge in [-0.2, -0.15) is 0 Å². The zero-order valence-electron chi connectivity index (χ0n) is 16.1. The molecular weight excluding hydrogens is 423 g/mol. The predicted octanol–water partition coefficient (Wildman–Crippen LogP) is 5.54. The van der Waals surface area contributed by atoms with E-state index >= 15 is 0 Å². The summed E-state index contributed by atoms with van der Waals surface area (Å²) in [5, 5.41) is 0. The first-order chi connectivity index (χ1) is 11.5. The Hall–Kier alpha value is -0.0313. The summed E-state index contributed by atoms with van der Waals surface area (Å²) in [5.41, 5.74) is 0. The predicted molar refractivity (Wildman–Crippen MR) is 109 cm³/mol. The quantitative estimate of drug-likeness (QED) is 0.385. The molecule has 1 rings (SSSR count). The third kappa shape index (κ3) is 6.05. The van der Waals surface area contributed by atoms with Gasteiger partial charge in [-0.05, 0) is 0 Å². The molecule has 1 aromatic carbocycles. The molecule has 0 bridgehead atoms. The molecule has 0 atom stereocenters. The number of benzene rings is 1. The van der Waals surface area contributed by atoms with Gasteiger partial charge in [0, 0.05) is 0 Å². The molecule has 24 heavy (non-hydrogen) atoms. The van der Waals surface area contributed by atoms with Gasteiger partial charge in [-0.15, -0.1) is 0 Å². The Morgan fingerprint density at radius 3 is 1.50 bits per heavy atom. The fourth-order valence-corrected chi connectivity index (χ4v) is 20.3. The molecule has 0 saturated heterocycles. The average molecular weight is 459 g/mol. The van der Waals surface area contributed by atoms with E-state index in [1.54, 1.807) is 10.5 Å². The summed E-state index contributed by atoms with van der Waals surface area (Å²) < 4.78 is 30.0. The van der Waals surface area contributed by atoms with E-state index in [1.165, 1.54) is 51.8 Å². The van der Waals surface area contributed by atoms with Crippen LogP contribution >= 0.6 is 0 Å². The summed E-state index contributed by atoms with van der Waals surface area (Å²) in [5.74, 6) is 0.183. The summed E-state index contributed by atoms with van der Waals surface area (Å²) in [6, 6.07) is 8.12. The fraction of sp³-hybridized carbons (Fsp3) is 0.700. The first-order valence-corrected chi connectivity index (χ1v) is 18.9. The van der Waals surface area contributed by atoms with Crippen LogP contribution in [0.1, 0.15) is 66.2 Å². The van der Waals surface area contributed by atoms with Crippen LogP contribution in [0.25, 0.3) is 0 Å². The van der Waals surface area contributed by atoms with Crippen LogP contribution in [0.5, 0.6) is 0 Å². The summed E-state index contributed by atoms with van der Waals surface area (Å²) in [6.45, 7) is 8.57. The third-order valence-electron chi connectivity index (χ3n) is 5.23. The van der Waals surface area contributed by atoms with Crippen LogP contribution in [0.15, 0.2) is 29.2 Å². The Morgan fingerprint density at radius 1 is 0.750 bits per heavy atom. The van der Waals surface area contributed by atoms with Crippen LogP contribution in [-0.2, 0) is 9.84 Å². The van der Waals surface area contributed by atoms with Crippen LogP contribution < -0.4 is 3.58 Å². The molecule has 0 aliphatic carbocycles. The molecule has 0 N–H and O–H groups in total. The first kappa shape index (κ1) is 22.0. The molecule has 0 aliphatic rings. The van der Waals surface area contributed by atoms with Crippen molar-refractivity contribution in [2.75, 3.05) is 5.75 Å². The molecule has 0 fully saturated rings. The topological polar surface area (TPSA) is 34.1 Å². The van der Waals surface area contributed by atoms with Crippen LogP contribution in [0.4, 0.5) is 0 Å². The van der Waals surface area contributed by atoms with Gasteiger partial charge in [0.25, 0.3) is 0 Å². The number of unbranched alkanes of at least 4 members (excludes halogenated alkanes) is 3. The van der Waals surface area contributed by atoms with E-state index in [9.17, 15) is 8.42 Å². The third-order valence-corrected chi connectivity index (χ3v) is 22.7. The van der Waals surface area contributed by atoms with E-state index < -0.39 is 28.2 Å². The maximum atomic E-state index is 12.1. The molecule has 138 valence electrons. The number of sulfone groups is 1. The normalized spacial score (nSPS) is 12.5. The van der Waals surface area contributed by atoms with Crippen molar-refractivity contribution in [3.8, 4) is 0 Å². The zero-order valence-corrected chi connectivity index (χ0v) is 19.8. The second kappa shape index (κ2) is 10.8. The van der Waals surface area contributed by atoms with Crippen molar-refractivity contribution >= 4 is 31.8 Å². The van der Waals surface area contributed by atoms with E-state index in [4.69, 9.17) is 0 Å². The van der Waals surface area contributed by atoms with Gasteiger partial charge >= 0.3 is 155 Å². The van der Waals surface area contributed by atoms with Gasteiger partial charge in [0.1, 0.15) is 0 Å². The Kier molecular flexibility index (Phi) is 9.95. The minimum absolute atomic E-state index is 0.183. The summed E-state index contributed by atoms with van der Waals surface area (Å²) in [4.78, 5) is 0.496. The Labute approximate surface area is 154 Å². The summed E-state index contributed by atoms with van der Waals surface area (Å²) in [7, 11) is -3.09. The van der Waals surface area contributed by atoms with Crippen molar-refractivity contribution in [1.29, 1.82) is 0 Å². The molecule has 0 unspecified atom stereocenters.